The van der Waals surface area contributed by atoms with Gasteiger partial charge < -0.3 is 9.47 Å². The number of carbonyl (C=O) groups excluding carboxylic acids is 1. The van der Waals surface area contributed by atoms with Crippen LogP contribution in [-0.2, 0) is 9.57 Å². The van der Waals surface area contributed by atoms with Gasteiger partial charge in [-0.2, -0.15) is 0 Å². The maximum absolute atomic E-state index is 11.7. The third kappa shape index (κ3) is 3.22. The first-order chi connectivity index (χ1) is 7.69. The second-order valence-corrected chi connectivity index (χ2v) is 3.06. The van der Waals surface area contributed by atoms with Crippen LogP contribution in [-0.4, -0.2) is 39.0 Å². The molecule has 0 aliphatic heterocycles. The standard InChI is InChI=1S/C11H15NO4/c1-12(15-3)11(13)9-5-4-6-10(7-9)16-8-14-2/h4-7H,8H2,1-3H3. The molecule has 16 heavy (non-hydrogen) atoms. The minimum atomic E-state index is -0.231. The van der Waals surface area contributed by atoms with Crippen LogP contribution < -0.4 is 4.74 Å². The molecule has 0 heterocycles. The molecule has 0 atom stereocenters. The molecule has 0 aliphatic rings. The summed E-state index contributed by atoms with van der Waals surface area (Å²) in [5.74, 6) is 0.350. The van der Waals surface area contributed by atoms with Crippen molar-refractivity contribution in [2.75, 3.05) is 28.1 Å². The van der Waals surface area contributed by atoms with Gasteiger partial charge in [-0.3, -0.25) is 9.63 Å². The molecule has 5 nitrogen and oxygen atoms in total. The Bertz CT molecular complexity index is 354. The van der Waals surface area contributed by atoms with Gasteiger partial charge in [-0.05, 0) is 18.2 Å². The monoisotopic (exact) mass is 225 g/mol. The molecular weight excluding hydrogens is 210 g/mol. The zero-order chi connectivity index (χ0) is 12.0. The molecule has 1 aromatic carbocycles. The number of rotatable bonds is 5. The predicted molar refractivity (Wildman–Crippen MR) is 58.0 cm³/mol. The molecule has 0 bridgehead atoms. The third-order valence-corrected chi connectivity index (χ3v) is 1.98. The summed E-state index contributed by atoms with van der Waals surface area (Å²) in [4.78, 5) is 16.5. The van der Waals surface area contributed by atoms with Gasteiger partial charge in [0.2, 0.25) is 0 Å². The summed E-state index contributed by atoms with van der Waals surface area (Å²) in [5.41, 5.74) is 0.498. The molecule has 0 radical (unpaired) electrons. The summed E-state index contributed by atoms with van der Waals surface area (Å²) in [7, 11) is 4.52. The fraction of sp³-hybridized carbons (Fsp3) is 0.364. The van der Waals surface area contributed by atoms with Crippen molar-refractivity contribution in [3.8, 4) is 5.75 Å². The van der Waals surface area contributed by atoms with Crippen LogP contribution in [0.1, 0.15) is 10.4 Å². The number of methoxy groups -OCH3 is 1. The van der Waals surface area contributed by atoms with Crippen LogP contribution >= 0.6 is 0 Å². The van der Waals surface area contributed by atoms with Gasteiger partial charge in [0.05, 0.1) is 7.11 Å². The lowest BCUT2D eigenvalue weighted by Gasteiger charge is -2.14. The molecule has 0 fully saturated rings. The van der Waals surface area contributed by atoms with Gasteiger partial charge in [0.1, 0.15) is 5.75 Å². The van der Waals surface area contributed by atoms with Gasteiger partial charge >= 0.3 is 0 Å². The van der Waals surface area contributed by atoms with E-state index in [2.05, 4.69) is 0 Å². The molecule has 1 aromatic rings. The second-order valence-electron chi connectivity index (χ2n) is 3.06. The maximum atomic E-state index is 11.7. The van der Waals surface area contributed by atoms with E-state index in [1.807, 2.05) is 0 Å². The van der Waals surface area contributed by atoms with Gasteiger partial charge in [0.15, 0.2) is 6.79 Å². The van der Waals surface area contributed by atoms with Crippen LogP contribution in [0.15, 0.2) is 24.3 Å². The number of benzene rings is 1. The van der Waals surface area contributed by atoms with E-state index >= 15 is 0 Å². The number of carbonyl (C=O) groups is 1. The maximum Gasteiger partial charge on any atom is 0.277 e. The van der Waals surface area contributed by atoms with Crippen molar-refractivity contribution in [3.63, 3.8) is 0 Å². The van der Waals surface area contributed by atoms with Crippen LogP contribution in [0, 0.1) is 0 Å². The van der Waals surface area contributed by atoms with Gasteiger partial charge in [-0.1, -0.05) is 6.07 Å². The highest BCUT2D eigenvalue weighted by Crippen LogP contribution is 2.14. The summed E-state index contributed by atoms with van der Waals surface area (Å²) in [6.07, 6.45) is 0. The van der Waals surface area contributed by atoms with E-state index in [1.54, 1.807) is 31.3 Å². The molecule has 0 N–H and O–H groups in total. The second kappa shape index (κ2) is 6.09. The molecule has 0 spiro atoms. The fourth-order valence-corrected chi connectivity index (χ4v) is 1.11. The molecular formula is C11H15NO4. The molecule has 0 saturated heterocycles. The van der Waals surface area contributed by atoms with Crippen LogP contribution in [0.5, 0.6) is 5.75 Å². The Kier molecular flexibility index (Phi) is 4.75. The Morgan fingerprint density at radius 3 is 2.75 bits per heavy atom. The van der Waals surface area contributed by atoms with Gasteiger partial charge in [-0.25, -0.2) is 5.06 Å². The van der Waals surface area contributed by atoms with Crippen LogP contribution in [0.25, 0.3) is 0 Å². The topological polar surface area (TPSA) is 48.0 Å². The van der Waals surface area contributed by atoms with E-state index in [1.165, 1.54) is 14.2 Å². The quantitative estimate of drug-likeness (QED) is 0.560. The average molecular weight is 225 g/mol. The summed E-state index contributed by atoms with van der Waals surface area (Å²) in [6, 6.07) is 6.82. The van der Waals surface area contributed by atoms with E-state index in [4.69, 9.17) is 14.3 Å². The average Bonchev–Trinajstić information content (AvgIpc) is 2.34. The van der Waals surface area contributed by atoms with E-state index in [9.17, 15) is 4.79 Å². The highest BCUT2D eigenvalue weighted by Gasteiger charge is 2.11. The van der Waals surface area contributed by atoms with Crippen molar-refractivity contribution < 1.29 is 19.1 Å². The highest BCUT2D eigenvalue weighted by molar-refractivity contribution is 5.93. The van der Waals surface area contributed by atoms with E-state index in [0.29, 0.717) is 11.3 Å². The molecule has 0 unspecified atom stereocenters. The molecule has 1 rings (SSSR count). The van der Waals surface area contributed by atoms with Gasteiger partial charge in [0.25, 0.3) is 5.91 Å². The van der Waals surface area contributed by atoms with Crippen LogP contribution in [0.3, 0.4) is 0 Å². The van der Waals surface area contributed by atoms with E-state index < -0.39 is 0 Å². The molecule has 88 valence electrons. The number of ether oxygens (including phenoxy) is 2. The van der Waals surface area contributed by atoms with E-state index in [-0.39, 0.29) is 12.7 Å². The Hall–Kier alpha value is -1.59. The first kappa shape index (κ1) is 12.5. The highest BCUT2D eigenvalue weighted by atomic mass is 16.7. The first-order valence-electron chi connectivity index (χ1n) is 4.73. The van der Waals surface area contributed by atoms with Crippen LogP contribution in [0.2, 0.25) is 0 Å². The zero-order valence-corrected chi connectivity index (χ0v) is 9.60. The summed E-state index contributed by atoms with van der Waals surface area (Å²) >= 11 is 0. The Morgan fingerprint density at radius 1 is 1.38 bits per heavy atom. The Morgan fingerprint density at radius 2 is 2.12 bits per heavy atom. The van der Waals surface area contributed by atoms with Crippen LogP contribution in [0.4, 0.5) is 0 Å². The summed E-state index contributed by atoms with van der Waals surface area (Å²) in [6.45, 7) is 0.151. The SMILES string of the molecule is COCOc1cccc(C(=O)N(C)OC)c1. The largest absolute Gasteiger partial charge is 0.468 e. The number of hydroxylamine groups is 2. The lowest BCUT2D eigenvalue weighted by molar-refractivity contribution is -0.0757. The lowest BCUT2D eigenvalue weighted by atomic mass is 10.2. The fourth-order valence-electron chi connectivity index (χ4n) is 1.11. The van der Waals surface area contributed by atoms with Crippen molar-refractivity contribution in [2.45, 2.75) is 0 Å². The van der Waals surface area contributed by atoms with E-state index in [0.717, 1.165) is 5.06 Å². The molecule has 5 heteroatoms. The minimum Gasteiger partial charge on any atom is -0.468 e. The van der Waals surface area contributed by atoms with Gasteiger partial charge in [0, 0.05) is 19.7 Å². The van der Waals surface area contributed by atoms with Crippen molar-refractivity contribution in [3.05, 3.63) is 29.8 Å². The molecule has 0 aromatic heterocycles. The molecule has 0 saturated carbocycles. The van der Waals surface area contributed by atoms with Gasteiger partial charge in [-0.15, -0.1) is 0 Å². The molecule has 1 amide bonds. The summed E-state index contributed by atoms with van der Waals surface area (Å²) in [5, 5.41) is 1.15. The predicted octanol–water partition coefficient (Wildman–Crippen LogP) is 1.30. The Balaban J connectivity index is 2.77. The normalized spacial score (nSPS) is 9.94. The first-order valence-corrected chi connectivity index (χ1v) is 4.73. The zero-order valence-electron chi connectivity index (χ0n) is 9.60. The van der Waals surface area contributed by atoms with Crippen molar-refractivity contribution >= 4 is 5.91 Å². The third-order valence-electron chi connectivity index (χ3n) is 1.98. The number of hydrogen-bond acceptors (Lipinski definition) is 4. The number of hydrogen-bond donors (Lipinski definition) is 0. The lowest BCUT2D eigenvalue weighted by Crippen LogP contribution is -2.25. The van der Waals surface area contributed by atoms with Crippen molar-refractivity contribution in [1.82, 2.24) is 5.06 Å². The molecule has 0 aliphatic carbocycles. The minimum absolute atomic E-state index is 0.151. The summed E-state index contributed by atoms with van der Waals surface area (Å²) < 4.78 is 10.00. The Labute approximate surface area is 94.5 Å². The number of nitrogens with zero attached hydrogens (tertiary/aromatic N) is 1. The van der Waals surface area contributed by atoms with Crippen molar-refractivity contribution in [1.29, 1.82) is 0 Å². The number of amides is 1. The smallest absolute Gasteiger partial charge is 0.277 e. The van der Waals surface area contributed by atoms with Crippen molar-refractivity contribution in [2.24, 2.45) is 0 Å².